The van der Waals surface area contributed by atoms with Crippen molar-refractivity contribution in [1.82, 2.24) is 5.32 Å². The molecule has 0 aliphatic rings. The van der Waals surface area contributed by atoms with Crippen LogP contribution in [0.5, 0.6) is 0 Å². The van der Waals surface area contributed by atoms with Gasteiger partial charge in [-0.05, 0) is 83.5 Å². The first-order valence-corrected chi connectivity index (χ1v) is 31.1. The number of rotatable bonds is 57. The summed E-state index contributed by atoms with van der Waals surface area (Å²) >= 11 is 0. The average molecular weight is 995 g/mol. The Balaban J connectivity index is 3.50. The van der Waals surface area contributed by atoms with Crippen LogP contribution in [0.1, 0.15) is 316 Å². The van der Waals surface area contributed by atoms with Crippen LogP contribution >= 0.6 is 0 Å². The summed E-state index contributed by atoms with van der Waals surface area (Å²) in [6.45, 7) is 4.78. The van der Waals surface area contributed by atoms with Gasteiger partial charge in [0.15, 0.2) is 0 Å². The smallest absolute Gasteiger partial charge is 0.305 e. The third-order valence-corrected chi connectivity index (χ3v) is 14.0. The maximum Gasteiger partial charge on any atom is 0.305 e. The topological polar surface area (TPSA) is 95.9 Å². The molecule has 0 heterocycles. The number of unbranched alkanes of at least 4 members (excludes halogenated alkanes) is 38. The Bertz CT molecular complexity index is 1240. The zero-order valence-electron chi connectivity index (χ0n) is 47.2. The number of esters is 1. The zero-order valence-corrected chi connectivity index (χ0v) is 47.2. The first-order chi connectivity index (χ1) is 35.0. The molecule has 0 aliphatic heterocycles. The Labute approximate surface area is 441 Å². The van der Waals surface area contributed by atoms with Gasteiger partial charge >= 0.3 is 5.97 Å². The molecule has 414 valence electrons. The number of carbonyl (C=O) groups is 2. The molecule has 0 fully saturated rings. The molecule has 71 heavy (non-hydrogen) atoms. The molecule has 0 aromatic heterocycles. The average Bonchev–Trinajstić information content (AvgIpc) is 3.37. The van der Waals surface area contributed by atoms with E-state index >= 15 is 0 Å². The van der Waals surface area contributed by atoms with Crippen LogP contribution in [0.2, 0.25) is 0 Å². The molecule has 0 saturated carbocycles. The number of aliphatic hydroxyl groups excluding tert-OH is 2. The Morgan fingerprint density at radius 2 is 0.704 bits per heavy atom. The highest BCUT2D eigenvalue weighted by atomic mass is 16.5. The summed E-state index contributed by atoms with van der Waals surface area (Å²) in [5.74, 6) is -0.122. The van der Waals surface area contributed by atoms with E-state index in [1.165, 1.54) is 225 Å². The molecule has 0 saturated heterocycles. The van der Waals surface area contributed by atoms with Gasteiger partial charge in [-0.25, -0.2) is 0 Å². The van der Waals surface area contributed by atoms with Gasteiger partial charge < -0.3 is 20.3 Å². The van der Waals surface area contributed by atoms with Crippen molar-refractivity contribution in [2.75, 3.05) is 13.2 Å². The van der Waals surface area contributed by atoms with Gasteiger partial charge in [-0.3, -0.25) is 9.59 Å². The van der Waals surface area contributed by atoms with Crippen LogP contribution in [0.15, 0.2) is 60.8 Å². The van der Waals surface area contributed by atoms with Crippen LogP contribution in [-0.2, 0) is 14.3 Å². The molecular formula is C65H119NO5. The number of hydrogen-bond acceptors (Lipinski definition) is 5. The minimum Gasteiger partial charge on any atom is -0.465 e. The van der Waals surface area contributed by atoms with E-state index in [0.717, 1.165) is 64.2 Å². The van der Waals surface area contributed by atoms with Crippen LogP contribution in [0.4, 0.5) is 0 Å². The lowest BCUT2D eigenvalue weighted by atomic mass is 10.0. The van der Waals surface area contributed by atoms with E-state index in [0.29, 0.717) is 19.4 Å². The van der Waals surface area contributed by atoms with Crippen molar-refractivity contribution >= 4 is 11.9 Å². The number of ether oxygens (including phenoxy) is 1. The summed E-state index contributed by atoms with van der Waals surface area (Å²) in [6, 6.07) is -0.633. The number of hydrogen-bond donors (Lipinski definition) is 3. The first-order valence-electron chi connectivity index (χ1n) is 31.1. The highest BCUT2D eigenvalue weighted by Gasteiger charge is 2.18. The summed E-state index contributed by atoms with van der Waals surface area (Å²) in [7, 11) is 0. The first kappa shape index (κ1) is 68.6. The molecule has 6 heteroatoms. The minimum absolute atomic E-state index is 0.0498. The molecule has 0 radical (unpaired) electrons. The number of allylic oxidation sites excluding steroid dienone is 8. The maximum absolute atomic E-state index is 12.5. The molecule has 6 nitrogen and oxygen atoms in total. The normalized spacial score (nSPS) is 13.0. The van der Waals surface area contributed by atoms with Crippen molar-refractivity contribution in [2.45, 2.75) is 328 Å². The summed E-state index contributed by atoms with van der Waals surface area (Å²) in [6.07, 6.45) is 78.4. The van der Waals surface area contributed by atoms with E-state index in [4.69, 9.17) is 4.74 Å². The molecular weight excluding hydrogens is 875 g/mol. The molecule has 3 N–H and O–H groups in total. The fourth-order valence-corrected chi connectivity index (χ4v) is 9.27. The second-order valence-corrected chi connectivity index (χ2v) is 21.0. The summed E-state index contributed by atoms with van der Waals surface area (Å²) in [4.78, 5) is 24.5. The second kappa shape index (κ2) is 60.1. The number of amides is 1. The standard InChI is InChI=1S/C65H119NO5/c1-3-5-7-9-11-13-15-17-19-26-29-33-37-41-45-49-53-57-63(68)62(61-67)66-64(69)58-54-50-46-42-38-34-30-27-24-22-21-23-25-28-32-36-40-44-48-52-56-60-71-65(70)59-55-51-47-43-39-35-31-20-18-16-14-12-10-8-6-4-2/h14,16,20,31,36,40,48,52-53,57,62-63,67-68H,3-13,15,17-19,21-30,32-35,37-39,41-47,49-51,54-56,58-61H2,1-2H3,(H,66,69)/b16-14-,31-20-,40-36-,52-48-,57-53+. The summed E-state index contributed by atoms with van der Waals surface area (Å²) in [5.41, 5.74) is 0. The molecule has 2 unspecified atom stereocenters. The monoisotopic (exact) mass is 994 g/mol. The van der Waals surface area contributed by atoms with Crippen LogP contribution < -0.4 is 5.32 Å². The summed E-state index contributed by atoms with van der Waals surface area (Å²) < 4.78 is 5.41. The van der Waals surface area contributed by atoms with E-state index in [9.17, 15) is 19.8 Å². The highest BCUT2D eigenvalue weighted by molar-refractivity contribution is 5.76. The van der Waals surface area contributed by atoms with Gasteiger partial charge in [-0.2, -0.15) is 0 Å². The SMILES string of the molecule is CCCCCC/C=C\C/C=C\CCCCCCCC(=O)OCC/C=C\C/C=C\CCCCCCCCCCCCCCCCC(=O)NC(CO)C(O)/C=C/CCCCCCCCCCCCCCCCC. The maximum atomic E-state index is 12.5. The van der Waals surface area contributed by atoms with Gasteiger partial charge in [-0.15, -0.1) is 0 Å². The molecule has 0 rings (SSSR count). The molecule has 0 spiro atoms. The number of aliphatic hydroxyl groups is 2. The van der Waals surface area contributed by atoms with Crippen LogP contribution in [-0.4, -0.2) is 47.4 Å². The predicted molar refractivity (Wildman–Crippen MR) is 310 cm³/mol. The van der Waals surface area contributed by atoms with Crippen LogP contribution in [0, 0.1) is 0 Å². The van der Waals surface area contributed by atoms with Gasteiger partial charge in [0.05, 0.1) is 25.4 Å². The minimum atomic E-state index is -0.850. The Hall–Kier alpha value is -2.44. The van der Waals surface area contributed by atoms with Gasteiger partial charge in [0, 0.05) is 12.8 Å². The van der Waals surface area contributed by atoms with Crippen molar-refractivity contribution in [1.29, 1.82) is 0 Å². The lowest BCUT2D eigenvalue weighted by Gasteiger charge is -2.20. The second-order valence-electron chi connectivity index (χ2n) is 21.0. The van der Waals surface area contributed by atoms with Crippen molar-refractivity contribution in [2.24, 2.45) is 0 Å². The fraction of sp³-hybridized carbons (Fsp3) is 0.815. The third-order valence-electron chi connectivity index (χ3n) is 14.0. The van der Waals surface area contributed by atoms with E-state index in [2.05, 4.69) is 67.8 Å². The quantitative estimate of drug-likeness (QED) is 0.0321. The van der Waals surface area contributed by atoms with E-state index in [1.807, 2.05) is 6.08 Å². The van der Waals surface area contributed by atoms with Crippen molar-refractivity contribution in [3.8, 4) is 0 Å². The van der Waals surface area contributed by atoms with Crippen molar-refractivity contribution in [3.05, 3.63) is 60.8 Å². The highest BCUT2D eigenvalue weighted by Crippen LogP contribution is 2.17. The summed E-state index contributed by atoms with van der Waals surface area (Å²) in [5, 5.41) is 23.2. The lowest BCUT2D eigenvalue weighted by Crippen LogP contribution is -2.45. The fourth-order valence-electron chi connectivity index (χ4n) is 9.27. The number of nitrogens with one attached hydrogen (secondary N) is 1. The van der Waals surface area contributed by atoms with Crippen LogP contribution in [0.25, 0.3) is 0 Å². The van der Waals surface area contributed by atoms with E-state index in [-0.39, 0.29) is 18.5 Å². The molecule has 0 bridgehead atoms. The Morgan fingerprint density at radius 1 is 0.394 bits per heavy atom. The molecule has 2 atom stereocenters. The Kier molecular flexibility index (Phi) is 58.1. The molecule has 0 aromatic carbocycles. The van der Waals surface area contributed by atoms with E-state index < -0.39 is 12.1 Å². The Morgan fingerprint density at radius 3 is 1.08 bits per heavy atom. The number of carbonyl (C=O) groups excluding carboxylic acids is 2. The molecule has 1 amide bonds. The molecule has 0 aromatic rings. The van der Waals surface area contributed by atoms with Crippen LogP contribution in [0.3, 0.4) is 0 Å². The van der Waals surface area contributed by atoms with Crippen molar-refractivity contribution < 1.29 is 24.5 Å². The molecule has 0 aliphatic carbocycles. The van der Waals surface area contributed by atoms with Gasteiger partial charge in [0.1, 0.15) is 0 Å². The van der Waals surface area contributed by atoms with Gasteiger partial charge in [0.25, 0.3) is 0 Å². The third kappa shape index (κ3) is 56.7. The lowest BCUT2D eigenvalue weighted by molar-refractivity contribution is -0.143. The zero-order chi connectivity index (χ0) is 51.4. The van der Waals surface area contributed by atoms with Gasteiger partial charge in [-0.1, -0.05) is 280 Å². The largest absolute Gasteiger partial charge is 0.465 e. The van der Waals surface area contributed by atoms with Gasteiger partial charge in [0.2, 0.25) is 5.91 Å². The van der Waals surface area contributed by atoms with Crippen molar-refractivity contribution in [3.63, 3.8) is 0 Å². The van der Waals surface area contributed by atoms with E-state index in [1.54, 1.807) is 6.08 Å². The predicted octanol–water partition coefficient (Wildman–Crippen LogP) is 19.5.